The van der Waals surface area contributed by atoms with Crippen LogP contribution >= 0.6 is 0 Å². The lowest BCUT2D eigenvalue weighted by atomic mass is 10.3. The summed E-state index contributed by atoms with van der Waals surface area (Å²) in [6.45, 7) is -0.138. The lowest BCUT2D eigenvalue weighted by Crippen LogP contribution is -2.20. The van der Waals surface area contributed by atoms with Gasteiger partial charge in [0.15, 0.2) is 6.61 Å². The van der Waals surface area contributed by atoms with Crippen molar-refractivity contribution in [2.24, 2.45) is 0 Å². The van der Waals surface area contributed by atoms with Gasteiger partial charge < -0.3 is 19.9 Å². The predicted octanol–water partition coefficient (Wildman–Crippen LogP) is 2.42. The van der Waals surface area contributed by atoms with Gasteiger partial charge in [0.25, 0.3) is 5.91 Å². The van der Waals surface area contributed by atoms with Crippen molar-refractivity contribution in [3.63, 3.8) is 0 Å². The Kier molecular flexibility index (Phi) is 4.44. The zero-order valence-corrected chi connectivity index (χ0v) is 11.0. The Hall–Kier alpha value is -2.69. The van der Waals surface area contributed by atoms with E-state index in [9.17, 15) is 9.90 Å². The number of methoxy groups -OCH3 is 1. The number of aromatic hydroxyl groups is 1. The first-order chi connectivity index (χ1) is 9.69. The van der Waals surface area contributed by atoms with Gasteiger partial charge in [-0.1, -0.05) is 12.1 Å². The van der Waals surface area contributed by atoms with Crippen LogP contribution in [0, 0.1) is 0 Å². The first kappa shape index (κ1) is 13.7. The minimum absolute atomic E-state index is 0.0188. The smallest absolute Gasteiger partial charge is 0.262 e. The highest BCUT2D eigenvalue weighted by molar-refractivity contribution is 5.93. The summed E-state index contributed by atoms with van der Waals surface area (Å²) in [6.07, 6.45) is 0. The molecule has 0 atom stereocenters. The van der Waals surface area contributed by atoms with E-state index in [1.54, 1.807) is 49.6 Å². The fraction of sp³-hybridized carbons (Fsp3) is 0.133. The second-order valence-corrected chi connectivity index (χ2v) is 4.03. The number of ether oxygens (including phenoxy) is 2. The maximum absolute atomic E-state index is 11.7. The summed E-state index contributed by atoms with van der Waals surface area (Å²) < 4.78 is 10.4. The minimum atomic E-state index is -0.345. The van der Waals surface area contributed by atoms with Crippen molar-refractivity contribution >= 4 is 11.6 Å². The number of phenolic OH excluding ortho intramolecular Hbond substituents is 1. The number of anilines is 1. The molecule has 0 radical (unpaired) electrons. The number of para-hydroxylation sites is 2. The number of benzene rings is 2. The van der Waals surface area contributed by atoms with Gasteiger partial charge in [0, 0.05) is 0 Å². The zero-order chi connectivity index (χ0) is 14.4. The lowest BCUT2D eigenvalue weighted by Gasteiger charge is -2.09. The van der Waals surface area contributed by atoms with Crippen LogP contribution in [0.4, 0.5) is 5.69 Å². The molecule has 0 unspecified atom stereocenters. The van der Waals surface area contributed by atoms with E-state index in [1.807, 2.05) is 0 Å². The van der Waals surface area contributed by atoms with Crippen molar-refractivity contribution < 1.29 is 19.4 Å². The molecular formula is C15H15NO4. The van der Waals surface area contributed by atoms with Crippen LogP contribution in [0.5, 0.6) is 17.2 Å². The number of rotatable bonds is 5. The summed E-state index contributed by atoms with van der Waals surface area (Å²) in [5, 5.41) is 12.1. The van der Waals surface area contributed by atoms with Crippen molar-refractivity contribution in [1.82, 2.24) is 0 Å². The monoisotopic (exact) mass is 273 g/mol. The van der Waals surface area contributed by atoms with E-state index in [2.05, 4.69) is 5.32 Å². The molecule has 2 aromatic rings. The molecule has 20 heavy (non-hydrogen) atoms. The van der Waals surface area contributed by atoms with Crippen LogP contribution in [0.25, 0.3) is 0 Å². The molecule has 2 aromatic carbocycles. The molecule has 5 heteroatoms. The summed E-state index contributed by atoms with van der Waals surface area (Å²) in [5.74, 6) is 0.960. The van der Waals surface area contributed by atoms with Gasteiger partial charge in [-0.3, -0.25) is 4.79 Å². The van der Waals surface area contributed by atoms with Gasteiger partial charge in [0.2, 0.25) is 0 Å². The van der Waals surface area contributed by atoms with Crippen LogP contribution in [-0.4, -0.2) is 24.7 Å². The molecule has 0 aliphatic carbocycles. The Morgan fingerprint density at radius 2 is 1.75 bits per heavy atom. The molecule has 2 N–H and O–H groups in total. The van der Waals surface area contributed by atoms with Gasteiger partial charge in [-0.15, -0.1) is 0 Å². The van der Waals surface area contributed by atoms with Gasteiger partial charge in [-0.25, -0.2) is 0 Å². The second kappa shape index (κ2) is 6.47. The van der Waals surface area contributed by atoms with Crippen LogP contribution < -0.4 is 14.8 Å². The number of carbonyl (C=O) groups excluding carboxylic acids is 1. The Morgan fingerprint density at radius 1 is 1.10 bits per heavy atom. The van der Waals surface area contributed by atoms with Crippen molar-refractivity contribution in [1.29, 1.82) is 0 Å². The zero-order valence-electron chi connectivity index (χ0n) is 11.0. The van der Waals surface area contributed by atoms with E-state index >= 15 is 0 Å². The van der Waals surface area contributed by atoms with Gasteiger partial charge in [0.1, 0.15) is 17.2 Å². The fourth-order valence-corrected chi connectivity index (χ4v) is 1.59. The van der Waals surface area contributed by atoms with E-state index in [-0.39, 0.29) is 18.3 Å². The summed E-state index contributed by atoms with van der Waals surface area (Å²) in [4.78, 5) is 11.7. The number of carbonyl (C=O) groups is 1. The molecule has 5 nitrogen and oxygen atoms in total. The second-order valence-electron chi connectivity index (χ2n) is 4.03. The van der Waals surface area contributed by atoms with E-state index in [0.717, 1.165) is 5.75 Å². The first-order valence-electron chi connectivity index (χ1n) is 6.04. The van der Waals surface area contributed by atoms with E-state index < -0.39 is 0 Å². The normalized spacial score (nSPS) is 9.85. The van der Waals surface area contributed by atoms with Crippen LogP contribution in [0.2, 0.25) is 0 Å². The summed E-state index contributed by atoms with van der Waals surface area (Å²) in [7, 11) is 1.58. The molecule has 0 fully saturated rings. The van der Waals surface area contributed by atoms with Crippen molar-refractivity contribution in [3.8, 4) is 17.2 Å². The molecule has 2 rings (SSSR count). The fourth-order valence-electron chi connectivity index (χ4n) is 1.59. The summed E-state index contributed by atoms with van der Waals surface area (Å²) in [5.41, 5.74) is 0.357. The van der Waals surface area contributed by atoms with Crippen molar-refractivity contribution in [3.05, 3.63) is 48.5 Å². The van der Waals surface area contributed by atoms with E-state index in [0.29, 0.717) is 11.4 Å². The Balaban J connectivity index is 1.87. The van der Waals surface area contributed by atoms with Crippen LogP contribution in [-0.2, 0) is 4.79 Å². The average molecular weight is 273 g/mol. The quantitative estimate of drug-likeness (QED) is 0.821. The standard InChI is InChI=1S/C15H15NO4/c1-19-11-6-8-12(9-7-11)20-10-15(18)16-13-4-2-3-5-14(13)17/h2-9,17H,10H2,1H3,(H,16,18). The number of hydrogen-bond donors (Lipinski definition) is 2. The molecule has 104 valence electrons. The summed E-state index contributed by atoms with van der Waals surface area (Å²) >= 11 is 0. The average Bonchev–Trinajstić information content (AvgIpc) is 2.48. The third-order valence-corrected chi connectivity index (χ3v) is 2.61. The molecule has 0 saturated carbocycles. The molecule has 0 aromatic heterocycles. The molecule has 0 aliphatic rings. The highest BCUT2D eigenvalue weighted by Crippen LogP contribution is 2.21. The van der Waals surface area contributed by atoms with Gasteiger partial charge in [0.05, 0.1) is 12.8 Å². The molecule has 0 spiro atoms. The molecule has 0 saturated heterocycles. The maximum atomic E-state index is 11.7. The lowest BCUT2D eigenvalue weighted by molar-refractivity contribution is -0.118. The van der Waals surface area contributed by atoms with Crippen molar-refractivity contribution in [2.75, 3.05) is 19.0 Å². The van der Waals surface area contributed by atoms with Crippen molar-refractivity contribution in [2.45, 2.75) is 0 Å². The van der Waals surface area contributed by atoms with Crippen LogP contribution in [0.3, 0.4) is 0 Å². The van der Waals surface area contributed by atoms with Crippen LogP contribution in [0.1, 0.15) is 0 Å². The largest absolute Gasteiger partial charge is 0.506 e. The van der Waals surface area contributed by atoms with Gasteiger partial charge in [-0.05, 0) is 36.4 Å². The minimum Gasteiger partial charge on any atom is -0.506 e. The van der Waals surface area contributed by atoms with Crippen LogP contribution in [0.15, 0.2) is 48.5 Å². The Labute approximate surface area is 116 Å². The molecule has 0 bridgehead atoms. The molecule has 0 aliphatic heterocycles. The molecular weight excluding hydrogens is 258 g/mol. The van der Waals surface area contributed by atoms with E-state index in [4.69, 9.17) is 9.47 Å². The number of phenols is 1. The van der Waals surface area contributed by atoms with Gasteiger partial charge in [-0.2, -0.15) is 0 Å². The highest BCUT2D eigenvalue weighted by Gasteiger charge is 2.06. The topological polar surface area (TPSA) is 67.8 Å². The number of nitrogens with one attached hydrogen (secondary N) is 1. The third-order valence-electron chi connectivity index (χ3n) is 2.61. The highest BCUT2D eigenvalue weighted by atomic mass is 16.5. The van der Waals surface area contributed by atoms with E-state index in [1.165, 1.54) is 6.07 Å². The Bertz CT molecular complexity index is 581. The predicted molar refractivity (Wildman–Crippen MR) is 75.2 cm³/mol. The third kappa shape index (κ3) is 3.65. The number of amides is 1. The SMILES string of the molecule is COc1ccc(OCC(=O)Nc2ccccc2O)cc1. The summed E-state index contributed by atoms with van der Waals surface area (Å²) in [6, 6.07) is 13.4. The number of hydrogen-bond acceptors (Lipinski definition) is 4. The molecule has 0 heterocycles. The molecule has 1 amide bonds. The maximum Gasteiger partial charge on any atom is 0.262 e. The van der Waals surface area contributed by atoms with Gasteiger partial charge >= 0.3 is 0 Å². The Morgan fingerprint density at radius 3 is 2.40 bits per heavy atom. The first-order valence-corrected chi connectivity index (χ1v) is 6.04.